The van der Waals surface area contributed by atoms with Gasteiger partial charge in [0.05, 0.1) is 11.0 Å². The molecule has 2 atom stereocenters. The van der Waals surface area contributed by atoms with Crippen LogP contribution in [0.2, 0.25) is 0 Å². The second-order valence-electron chi connectivity index (χ2n) is 7.46. The molecule has 1 fully saturated rings. The number of primary amides is 1. The largest absolute Gasteiger partial charge is 0.416 e. The summed E-state index contributed by atoms with van der Waals surface area (Å²) in [7, 11) is 0. The lowest BCUT2D eigenvalue weighted by atomic mass is 9.59. The van der Waals surface area contributed by atoms with Crippen LogP contribution in [0.5, 0.6) is 0 Å². The molecule has 1 aliphatic heterocycles. The lowest BCUT2D eigenvalue weighted by Crippen LogP contribution is -2.42. The van der Waals surface area contributed by atoms with E-state index in [1.54, 1.807) is 18.2 Å². The van der Waals surface area contributed by atoms with Crippen LogP contribution >= 0.6 is 0 Å². The number of halogens is 3. The third kappa shape index (κ3) is 2.77. The first-order chi connectivity index (χ1) is 13.2. The van der Waals surface area contributed by atoms with E-state index < -0.39 is 29.0 Å². The summed E-state index contributed by atoms with van der Waals surface area (Å²) in [5.41, 5.74) is 5.99. The van der Waals surface area contributed by atoms with Crippen LogP contribution in [-0.4, -0.2) is 18.4 Å². The van der Waals surface area contributed by atoms with Crippen LogP contribution in [0, 0.1) is 5.41 Å². The second-order valence-corrected chi connectivity index (χ2v) is 7.46. The Bertz CT molecular complexity index is 970. The van der Waals surface area contributed by atoms with Gasteiger partial charge < -0.3 is 11.1 Å². The molecule has 1 saturated heterocycles. The van der Waals surface area contributed by atoms with Crippen LogP contribution < -0.4 is 11.1 Å². The Labute approximate surface area is 159 Å². The molecule has 0 aromatic heterocycles. The van der Waals surface area contributed by atoms with Gasteiger partial charge in [-0.25, -0.2) is 0 Å². The number of aryl methyl sites for hydroxylation is 1. The van der Waals surface area contributed by atoms with Gasteiger partial charge in [0, 0.05) is 18.0 Å². The quantitative estimate of drug-likeness (QED) is 0.828. The molecule has 0 bridgehead atoms. The van der Waals surface area contributed by atoms with Crippen molar-refractivity contribution in [3.63, 3.8) is 0 Å². The average Bonchev–Trinajstić information content (AvgIpc) is 3.01. The smallest absolute Gasteiger partial charge is 0.366 e. The molecule has 1 aliphatic carbocycles. The van der Waals surface area contributed by atoms with E-state index in [0.717, 1.165) is 17.7 Å². The summed E-state index contributed by atoms with van der Waals surface area (Å²) >= 11 is 0. The SMILES string of the molecule is NC(=O)c1cccc2c1C(c1cccc(C(F)(F)F)c1)C1(CCNC1=O)CC2. The molecule has 28 heavy (non-hydrogen) atoms. The van der Waals surface area contributed by atoms with Gasteiger partial charge in [-0.3, -0.25) is 9.59 Å². The summed E-state index contributed by atoms with van der Waals surface area (Å²) in [6.45, 7) is 0.461. The Kier molecular flexibility index (Phi) is 4.21. The lowest BCUT2D eigenvalue weighted by Gasteiger charge is -2.41. The van der Waals surface area contributed by atoms with Gasteiger partial charge in [-0.15, -0.1) is 0 Å². The van der Waals surface area contributed by atoms with Crippen molar-refractivity contribution >= 4 is 11.8 Å². The molecule has 2 amide bonds. The van der Waals surface area contributed by atoms with Gasteiger partial charge in [-0.05, 0) is 48.1 Å². The van der Waals surface area contributed by atoms with E-state index in [4.69, 9.17) is 5.73 Å². The fourth-order valence-corrected chi connectivity index (χ4v) is 4.75. The molecule has 4 rings (SSSR count). The molecule has 2 unspecified atom stereocenters. The number of amides is 2. The fraction of sp³-hybridized carbons (Fsp3) is 0.333. The van der Waals surface area contributed by atoms with Crippen molar-refractivity contribution < 1.29 is 22.8 Å². The number of benzene rings is 2. The second kappa shape index (κ2) is 6.36. The molecule has 146 valence electrons. The summed E-state index contributed by atoms with van der Waals surface area (Å²) in [4.78, 5) is 25.0. The van der Waals surface area contributed by atoms with E-state index in [9.17, 15) is 22.8 Å². The Morgan fingerprint density at radius 3 is 2.54 bits per heavy atom. The van der Waals surface area contributed by atoms with Crippen molar-refractivity contribution in [1.29, 1.82) is 0 Å². The monoisotopic (exact) mass is 388 g/mol. The molecular formula is C21H19F3N2O2. The zero-order valence-electron chi connectivity index (χ0n) is 15.0. The molecule has 1 spiro atoms. The van der Waals surface area contributed by atoms with Crippen molar-refractivity contribution in [3.8, 4) is 0 Å². The summed E-state index contributed by atoms with van der Waals surface area (Å²) in [6, 6.07) is 10.2. The minimum Gasteiger partial charge on any atom is -0.366 e. The lowest BCUT2D eigenvalue weighted by molar-refractivity contribution is -0.137. The first-order valence-corrected chi connectivity index (χ1v) is 9.11. The summed E-state index contributed by atoms with van der Waals surface area (Å²) in [6.07, 6.45) is -2.92. The Morgan fingerprint density at radius 1 is 1.14 bits per heavy atom. The van der Waals surface area contributed by atoms with Crippen molar-refractivity contribution in [3.05, 3.63) is 70.3 Å². The zero-order chi connectivity index (χ0) is 20.1. The van der Waals surface area contributed by atoms with Crippen LogP contribution in [0.15, 0.2) is 42.5 Å². The van der Waals surface area contributed by atoms with Crippen molar-refractivity contribution in [2.75, 3.05) is 6.54 Å². The Balaban J connectivity index is 1.99. The third-order valence-corrected chi connectivity index (χ3v) is 6.00. The van der Waals surface area contributed by atoms with Crippen LogP contribution in [0.1, 0.15) is 51.4 Å². The normalized spacial score (nSPS) is 24.1. The van der Waals surface area contributed by atoms with E-state index in [2.05, 4.69) is 5.32 Å². The summed E-state index contributed by atoms with van der Waals surface area (Å²) < 4.78 is 40.0. The van der Waals surface area contributed by atoms with Crippen molar-refractivity contribution in [1.82, 2.24) is 5.32 Å². The maximum atomic E-state index is 13.3. The van der Waals surface area contributed by atoms with Gasteiger partial charge in [0.1, 0.15) is 0 Å². The van der Waals surface area contributed by atoms with Crippen LogP contribution in [0.4, 0.5) is 13.2 Å². The molecule has 7 heteroatoms. The highest BCUT2D eigenvalue weighted by Gasteiger charge is 2.53. The highest BCUT2D eigenvalue weighted by Crippen LogP contribution is 2.54. The number of hydrogen-bond acceptors (Lipinski definition) is 2. The number of rotatable bonds is 2. The number of carbonyl (C=O) groups excluding carboxylic acids is 2. The number of nitrogens with two attached hydrogens (primary N) is 1. The van der Waals surface area contributed by atoms with Crippen molar-refractivity contribution in [2.45, 2.75) is 31.4 Å². The minimum absolute atomic E-state index is 0.181. The molecular weight excluding hydrogens is 369 g/mol. The predicted octanol–water partition coefficient (Wildman–Crippen LogP) is 3.39. The molecule has 2 aromatic carbocycles. The molecule has 0 saturated carbocycles. The minimum atomic E-state index is -4.50. The molecule has 2 aliphatic rings. The maximum Gasteiger partial charge on any atom is 0.416 e. The average molecular weight is 388 g/mol. The summed E-state index contributed by atoms with van der Waals surface area (Å²) in [5, 5.41) is 2.83. The van der Waals surface area contributed by atoms with Gasteiger partial charge in [0.2, 0.25) is 11.8 Å². The molecule has 1 heterocycles. The van der Waals surface area contributed by atoms with Crippen LogP contribution in [0.3, 0.4) is 0 Å². The van der Waals surface area contributed by atoms with Crippen LogP contribution in [0.25, 0.3) is 0 Å². The van der Waals surface area contributed by atoms with E-state index in [1.807, 2.05) is 6.07 Å². The Hall–Kier alpha value is -2.83. The Morgan fingerprint density at radius 2 is 1.89 bits per heavy atom. The van der Waals surface area contributed by atoms with E-state index >= 15 is 0 Å². The maximum absolute atomic E-state index is 13.3. The first kappa shape index (κ1) is 18.5. The number of fused-ring (bicyclic) bond motifs is 1. The standard InChI is InChI=1S/C21H19F3N2O2/c22-21(23,24)14-5-1-4-13(11-14)17-16-12(3-2-6-15(16)18(25)27)7-8-20(17)9-10-26-19(20)28/h1-6,11,17H,7-10H2,(H2,25,27)(H,26,28). The fourth-order valence-electron chi connectivity index (χ4n) is 4.75. The topological polar surface area (TPSA) is 72.2 Å². The number of nitrogens with one attached hydrogen (secondary N) is 1. The third-order valence-electron chi connectivity index (χ3n) is 6.00. The highest BCUT2D eigenvalue weighted by atomic mass is 19.4. The number of alkyl halides is 3. The van der Waals surface area contributed by atoms with Gasteiger partial charge in [0.15, 0.2) is 0 Å². The van der Waals surface area contributed by atoms with Crippen molar-refractivity contribution in [2.24, 2.45) is 11.1 Å². The van der Waals surface area contributed by atoms with Gasteiger partial charge in [-0.2, -0.15) is 13.2 Å². The van der Waals surface area contributed by atoms with Gasteiger partial charge >= 0.3 is 6.18 Å². The zero-order valence-corrected chi connectivity index (χ0v) is 15.0. The van der Waals surface area contributed by atoms with E-state index in [0.29, 0.717) is 36.9 Å². The molecule has 0 radical (unpaired) electrons. The first-order valence-electron chi connectivity index (χ1n) is 9.11. The van der Waals surface area contributed by atoms with Gasteiger partial charge in [0.25, 0.3) is 0 Å². The van der Waals surface area contributed by atoms with E-state index in [-0.39, 0.29) is 11.5 Å². The highest BCUT2D eigenvalue weighted by molar-refractivity contribution is 5.96. The number of hydrogen-bond donors (Lipinski definition) is 2. The molecule has 3 N–H and O–H groups in total. The van der Waals surface area contributed by atoms with Gasteiger partial charge in [-0.1, -0.05) is 30.3 Å². The summed E-state index contributed by atoms with van der Waals surface area (Å²) in [5.74, 6) is -1.49. The molecule has 4 nitrogen and oxygen atoms in total. The number of carbonyl (C=O) groups is 2. The predicted molar refractivity (Wildman–Crippen MR) is 96.6 cm³/mol. The molecule has 2 aromatic rings. The van der Waals surface area contributed by atoms with Crippen LogP contribution in [-0.2, 0) is 17.4 Å². The van der Waals surface area contributed by atoms with E-state index in [1.165, 1.54) is 6.07 Å².